The minimum atomic E-state index is -4.06. The van der Waals surface area contributed by atoms with Crippen molar-refractivity contribution in [3.63, 3.8) is 0 Å². The largest absolute Gasteiger partial charge is 0.395 e. The van der Waals surface area contributed by atoms with Crippen molar-refractivity contribution in [2.45, 2.75) is 57.2 Å². The smallest absolute Gasteiger partial charge is 0.389 e. The van der Waals surface area contributed by atoms with Gasteiger partial charge in [0, 0.05) is 19.0 Å². The van der Waals surface area contributed by atoms with E-state index in [9.17, 15) is 13.2 Å². The summed E-state index contributed by atoms with van der Waals surface area (Å²) < 4.78 is 36.2. The Hall–Kier alpha value is -0.290. The number of aliphatic hydroxyl groups is 1. The molecule has 0 radical (unpaired) electrons. The lowest BCUT2D eigenvalue weighted by atomic mass is 9.94. The van der Waals surface area contributed by atoms with Crippen LogP contribution in [0.1, 0.15) is 44.9 Å². The van der Waals surface area contributed by atoms with Crippen molar-refractivity contribution in [2.75, 3.05) is 19.7 Å². The Labute approximate surface area is 101 Å². The summed E-state index contributed by atoms with van der Waals surface area (Å²) in [5.74, 6) is 0. The van der Waals surface area contributed by atoms with Gasteiger partial charge in [-0.1, -0.05) is 19.3 Å². The third kappa shape index (κ3) is 6.27. The van der Waals surface area contributed by atoms with E-state index in [1.165, 1.54) is 6.42 Å². The quantitative estimate of drug-likeness (QED) is 0.786. The molecule has 1 aliphatic rings. The SMILES string of the molecule is OCCN(CCCC(F)(F)F)C1CCCCC1. The number of nitrogens with zero attached hydrogens (tertiary/aromatic N) is 1. The highest BCUT2D eigenvalue weighted by Gasteiger charge is 2.27. The second-order valence-corrected chi connectivity index (χ2v) is 4.77. The highest BCUT2D eigenvalue weighted by atomic mass is 19.4. The van der Waals surface area contributed by atoms with E-state index in [2.05, 4.69) is 0 Å². The average Bonchev–Trinajstić information content (AvgIpc) is 2.27. The summed E-state index contributed by atoms with van der Waals surface area (Å²) in [6.45, 7) is 0.982. The molecule has 0 spiro atoms. The van der Waals surface area contributed by atoms with Crippen LogP contribution >= 0.6 is 0 Å². The average molecular weight is 253 g/mol. The molecule has 1 rings (SSSR count). The van der Waals surface area contributed by atoms with Crippen LogP contribution in [0.25, 0.3) is 0 Å². The van der Waals surface area contributed by atoms with Crippen LogP contribution in [0.5, 0.6) is 0 Å². The Morgan fingerprint density at radius 3 is 2.24 bits per heavy atom. The van der Waals surface area contributed by atoms with Gasteiger partial charge >= 0.3 is 6.18 Å². The van der Waals surface area contributed by atoms with Gasteiger partial charge in [0.1, 0.15) is 0 Å². The monoisotopic (exact) mass is 253 g/mol. The Kier molecular flexibility index (Phi) is 6.27. The second-order valence-electron chi connectivity index (χ2n) is 4.77. The first-order chi connectivity index (χ1) is 8.03. The van der Waals surface area contributed by atoms with Crippen molar-refractivity contribution in [1.29, 1.82) is 0 Å². The number of hydrogen-bond donors (Lipinski definition) is 1. The molecule has 2 nitrogen and oxygen atoms in total. The van der Waals surface area contributed by atoms with Crippen LogP contribution in [0, 0.1) is 0 Å². The third-order valence-corrected chi connectivity index (χ3v) is 3.38. The summed E-state index contributed by atoms with van der Waals surface area (Å²) in [5, 5.41) is 8.96. The molecular weight excluding hydrogens is 231 g/mol. The Morgan fingerprint density at radius 1 is 1.06 bits per heavy atom. The molecule has 0 unspecified atom stereocenters. The molecular formula is C12H22F3NO. The molecule has 1 aliphatic carbocycles. The zero-order chi connectivity index (χ0) is 12.7. The lowest BCUT2D eigenvalue weighted by Crippen LogP contribution is -2.39. The van der Waals surface area contributed by atoms with Crippen LogP contribution in [0.3, 0.4) is 0 Å². The molecule has 17 heavy (non-hydrogen) atoms. The van der Waals surface area contributed by atoms with Crippen molar-refractivity contribution in [3.05, 3.63) is 0 Å². The summed E-state index contributed by atoms with van der Waals surface area (Å²) in [7, 11) is 0. The van der Waals surface area contributed by atoms with Gasteiger partial charge < -0.3 is 5.11 Å². The van der Waals surface area contributed by atoms with Crippen LogP contribution in [0.4, 0.5) is 13.2 Å². The fraction of sp³-hybridized carbons (Fsp3) is 1.00. The van der Waals surface area contributed by atoms with E-state index in [4.69, 9.17) is 5.11 Å². The maximum atomic E-state index is 12.1. The van der Waals surface area contributed by atoms with Crippen molar-refractivity contribution < 1.29 is 18.3 Å². The topological polar surface area (TPSA) is 23.5 Å². The Bertz CT molecular complexity index is 202. The van der Waals surface area contributed by atoms with Crippen LogP contribution in [0.15, 0.2) is 0 Å². The molecule has 1 fully saturated rings. The van der Waals surface area contributed by atoms with Crippen LogP contribution in [-0.4, -0.2) is 41.9 Å². The van der Waals surface area contributed by atoms with Gasteiger partial charge in [0.15, 0.2) is 0 Å². The van der Waals surface area contributed by atoms with Crippen molar-refractivity contribution in [2.24, 2.45) is 0 Å². The molecule has 0 bridgehead atoms. The first kappa shape index (κ1) is 14.8. The summed E-state index contributed by atoms with van der Waals surface area (Å²) in [5.41, 5.74) is 0. The highest BCUT2D eigenvalue weighted by Crippen LogP contribution is 2.25. The van der Waals surface area contributed by atoms with E-state index in [0.29, 0.717) is 19.1 Å². The molecule has 0 aromatic carbocycles. The maximum absolute atomic E-state index is 12.1. The molecule has 1 saturated carbocycles. The minimum Gasteiger partial charge on any atom is -0.395 e. The standard InChI is InChI=1S/C12H22F3NO/c13-12(14,15)7-4-8-16(9-10-17)11-5-2-1-3-6-11/h11,17H,1-10H2. The molecule has 102 valence electrons. The molecule has 0 heterocycles. The number of alkyl halides is 3. The molecule has 5 heteroatoms. The van der Waals surface area contributed by atoms with Crippen LogP contribution in [0.2, 0.25) is 0 Å². The van der Waals surface area contributed by atoms with Crippen molar-refractivity contribution >= 4 is 0 Å². The van der Waals surface area contributed by atoms with Gasteiger partial charge in [-0.2, -0.15) is 13.2 Å². The maximum Gasteiger partial charge on any atom is 0.389 e. The van der Waals surface area contributed by atoms with E-state index >= 15 is 0 Å². The van der Waals surface area contributed by atoms with Crippen LogP contribution < -0.4 is 0 Å². The van der Waals surface area contributed by atoms with Gasteiger partial charge in [-0.3, -0.25) is 4.90 Å². The molecule has 0 amide bonds. The molecule has 0 atom stereocenters. The summed E-state index contributed by atoms with van der Waals surface area (Å²) in [6, 6.07) is 0.379. The van der Waals surface area contributed by atoms with E-state index in [0.717, 1.165) is 25.7 Å². The number of aliphatic hydroxyl groups excluding tert-OH is 1. The number of rotatable bonds is 6. The predicted molar refractivity (Wildman–Crippen MR) is 60.8 cm³/mol. The van der Waals surface area contributed by atoms with Gasteiger partial charge in [0.2, 0.25) is 0 Å². The third-order valence-electron chi connectivity index (χ3n) is 3.38. The highest BCUT2D eigenvalue weighted by molar-refractivity contribution is 4.76. The zero-order valence-electron chi connectivity index (χ0n) is 10.2. The molecule has 0 aromatic heterocycles. The molecule has 0 aromatic rings. The van der Waals surface area contributed by atoms with E-state index in [-0.39, 0.29) is 13.0 Å². The summed E-state index contributed by atoms with van der Waals surface area (Å²) in [4.78, 5) is 2.03. The number of halogens is 3. The van der Waals surface area contributed by atoms with Crippen LogP contribution in [-0.2, 0) is 0 Å². The zero-order valence-corrected chi connectivity index (χ0v) is 10.2. The van der Waals surface area contributed by atoms with E-state index < -0.39 is 12.6 Å². The molecule has 0 saturated heterocycles. The first-order valence-corrected chi connectivity index (χ1v) is 6.44. The lowest BCUT2D eigenvalue weighted by Gasteiger charge is -2.34. The number of hydrogen-bond acceptors (Lipinski definition) is 2. The van der Waals surface area contributed by atoms with Crippen molar-refractivity contribution in [3.8, 4) is 0 Å². The fourth-order valence-electron chi connectivity index (χ4n) is 2.53. The molecule has 1 N–H and O–H groups in total. The predicted octanol–water partition coefficient (Wildman–Crippen LogP) is 2.96. The van der Waals surface area contributed by atoms with Gasteiger partial charge in [0.05, 0.1) is 6.61 Å². The normalized spacial score (nSPS) is 18.9. The minimum absolute atomic E-state index is 0.0303. The summed E-state index contributed by atoms with van der Waals surface area (Å²) in [6.07, 6.45) is 1.03. The summed E-state index contributed by atoms with van der Waals surface area (Å²) >= 11 is 0. The van der Waals surface area contributed by atoms with Gasteiger partial charge in [0.25, 0.3) is 0 Å². The first-order valence-electron chi connectivity index (χ1n) is 6.44. The van der Waals surface area contributed by atoms with Crippen molar-refractivity contribution in [1.82, 2.24) is 4.90 Å². The van der Waals surface area contributed by atoms with Gasteiger partial charge in [-0.25, -0.2) is 0 Å². The Balaban J connectivity index is 2.31. The van der Waals surface area contributed by atoms with E-state index in [1.54, 1.807) is 0 Å². The molecule has 0 aliphatic heterocycles. The second kappa shape index (κ2) is 7.21. The Morgan fingerprint density at radius 2 is 1.71 bits per heavy atom. The van der Waals surface area contributed by atoms with E-state index in [1.807, 2.05) is 4.90 Å². The lowest BCUT2D eigenvalue weighted by molar-refractivity contribution is -0.136. The van der Waals surface area contributed by atoms with Gasteiger partial charge in [-0.05, 0) is 25.8 Å². The fourth-order valence-corrected chi connectivity index (χ4v) is 2.53. The van der Waals surface area contributed by atoms with Gasteiger partial charge in [-0.15, -0.1) is 0 Å².